The first-order chi connectivity index (χ1) is 12.1. The van der Waals surface area contributed by atoms with E-state index in [9.17, 15) is 9.59 Å². The molecule has 5 nitrogen and oxygen atoms in total. The van der Waals surface area contributed by atoms with Crippen molar-refractivity contribution in [3.8, 4) is 0 Å². The largest absolute Gasteiger partial charge is 0.354 e. The van der Waals surface area contributed by atoms with Gasteiger partial charge in [0, 0.05) is 31.0 Å². The number of halogens is 1. The number of benzene rings is 1. The number of hydrogen-bond donors (Lipinski definition) is 3. The zero-order valence-corrected chi connectivity index (χ0v) is 16.2. The molecule has 0 aromatic heterocycles. The second kappa shape index (κ2) is 9.93. The minimum Gasteiger partial charge on any atom is -0.354 e. The molecule has 1 aromatic rings. The van der Waals surface area contributed by atoms with Gasteiger partial charge in [-0.3, -0.25) is 9.59 Å². The van der Waals surface area contributed by atoms with E-state index in [-0.39, 0.29) is 42.2 Å². The lowest BCUT2D eigenvalue weighted by molar-refractivity contribution is -0.126. The van der Waals surface area contributed by atoms with Crippen LogP contribution in [0.2, 0.25) is 0 Å². The van der Waals surface area contributed by atoms with E-state index in [4.69, 9.17) is 0 Å². The third-order valence-corrected chi connectivity index (χ3v) is 5.33. The summed E-state index contributed by atoms with van der Waals surface area (Å²) in [5.74, 6) is 0.248. The Morgan fingerprint density at radius 3 is 2.73 bits per heavy atom. The third-order valence-electron chi connectivity index (χ3n) is 5.33. The van der Waals surface area contributed by atoms with Gasteiger partial charge >= 0.3 is 0 Å². The second-order valence-corrected chi connectivity index (χ2v) is 7.35. The molecule has 1 fully saturated rings. The fraction of sp³-hybridized carbons (Fsp3) is 0.600. The van der Waals surface area contributed by atoms with Crippen molar-refractivity contribution in [2.24, 2.45) is 5.92 Å². The molecule has 1 aliphatic heterocycles. The number of fused-ring (bicyclic) bond motifs is 1. The summed E-state index contributed by atoms with van der Waals surface area (Å²) in [6, 6.07) is 8.43. The lowest BCUT2D eigenvalue weighted by Crippen LogP contribution is -2.42. The maximum atomic E-state index is 12.2. The maximum absolute atomic E-state index is 12.2. The quantitative estimate of drug-likeness (QED) is 0.711. The van der Waals surface area contributed by atoms with Gasteiger partial charge in [0.25, 0.3) is 0 Å². The smallest absolute Gasteiger partial charge is 0.223 e. The molecule has 2 atom stereocenters. The Bertz CT molecular complexity index is 617. The summed E-state index contributed by atoms with van der Waals surface area (Å²) in [5, 5.41) is 9.47. The van der Waals surface area contributed by atoms with Gasteiger partial charge in [0.2, 0.25) is 11.8 Å². The molecular weight excluding hydrogens is 350 g/mol. The molecule has 1 aliphatic carbocycles. The zero-order chi connectivity index (χ0) is 17.6. The molecule has 2 amide bonds. The number of nitrogens with one attached hydrogen (secondary N) is 3. The SMILES string of the molecule is CC(CC(=O)NCC1NCCc2ccccc21)NC(=O)C1CCCC1.Cl. The second-order valence-electron chi connectivity index (χ2n) is 7.35. The molecule has 3 rings (SSSR count). The first kappa shape index (κ1) is 20.7. The molecule has 0 radical (unpaired) electrons. The molecule has 2 aliphatic rings. The molecule has 2 unspecified atom stereocenters. The summed E-state index contributed by atoms with van der Waals surface area (Å²) in [6.07, 6.45) is 5.61. The Balaban J connectivity index is 0.00000243. The summed E-state index contributed by atoms with van der Waals surface area (Å²) >= 11 is 0. The van der Waals surface area contributed by atoms with Crippen LogP contribution in [0.25, 0.3) is 0 Å². The van der Waals surface area contributed by atoms with Crippen LogP contribution in [0.3, 0.4) is 0 Å². The molecule has 144 valence electrons. The summed E-state index contributed by atoms with van der Waals surface area (Å²) in [4.78, 5) is 24.3. The van der Waals surface area contributed by atoms with Crippen molar-refractivity contribution in [2.75, 3.05) is 13.1 Å². The van der Waals surface area contributed by atoms with Gasteiger partial charge in [0.1, 0.15) is 0 Å². The lowest BCUT2D eigenvalue weighted by atomic mass is 9.94. The number of rotatable bonds is 6. The van der Waals surface area contributed by atoms with Crippen molar-refractivity contribution in [3.63, 3.8) is 0 Å². The zero-order valence-electron chi connectivity index (χ0n) is 15.4. The van der Waals surface area contributed by atoms with E-state index in [0.717, 1.165) is 38.6 Å². The Morgan fingerprint density at radius 2 is 1.96 bits per heavy atom. The molecule has 1 heterocycles. The van der Waals surface area contributed by atoms with Crippen LogP contribution >= 0.6 is 12.4 Å². The number of carbonyl (C=O) groups excluding carboxylic acids is 2. The highest BCUT2D eigenvalue weighted by atomic mass is 35.5. The number of hydrogen-bond acceptors (Lipinski definition) is 3. The van der Waals surface area contributed by atoms with Gasteiger partial charge in [0.05, 0.1) is 0 Å². The first-order valence-corrected chi connectivity index (χ1v) is 9.51. The van der Waals surface area contributed by atoms with Crippen LogP contribution in [0.5, 0.6) is 0 Å². The van der Waals surface area contributed by atoms with Crippen molar-refractivity contribution >= 4 is 24.2 Å². The van der Waals surface area contributed by atoms with E-state index in [1.165, 1.54) is 11.1 Å². The Labute approximate surface area is 162 Å². The molecule has 0 spiro atoms. The van der Waals surface area contributed by atoms with Crippen molar-refractivity contribution in [1.82, 2.24) is 16.0 Å². The van der Waals surface area contributed by atoms with E-state index >= 15 is 0 Å². The fourth-order valence-electron chi connectivity index (χ4n) is 3.94. The van der Waals surface area contributed by atoms with Crippen molar-refractivity contribution in [3.05, 3.63) is 35.4 Å². The fourth-order valence-corrected chi connectivity index (χ4v) is 3.94. The van der Waals surface area contributed by atoms with Gasteiger partial charge in [-0.05, 0) is 43.9 Å². The molecule has 0 saturated heterocycles. The molecule has 1 saturated carbocycles. The average Bonchev–Trinajstić information content (AvgIpc) is 3.14. The standard InChI is InChI=1S/C20H29N3O2.ClH/c1-14(23-20(25)16-7-2-3-8-16)12-19(24)22-13-18-17-9-5-4-6-15(17)10-11-21-18;/h4-6,9,14,16,18,21H,2-3,7-8,10-13H2,1H3,(H,22,24)(H,23,25);1H. The van der Waals surface area contributed by atoms with Gasteiger partial charge < -0.3 is 16.0 Å². The lowest BCUT2D eigenvalue weighted by Gasteiger charge is -2.27. The van der Waals surface area contributed by atoms with Crippen molar-refractivity contribution in [1.29, 1.82) is 0 Å². The predicted octanol–water partition coefficient (Wildman–Crippen LogP) is 2.50. The highest BCUT2D eigenvalue weighted by Crippen LogP contribution is 2.25. The predicted molar refractivity (Wildman–Crippen MR) is 105 cm³/mol. The Morgan fingerprint density at radius 1 is 1.23 bits per heavy atom. The van der Waals surface area contributed by atoms with Crippen LogP contribution < -0.4 is 16.0 Å². The molecule has 26 heavy (non-hydrogen) atoms. The molecule has 6 heteroatoms. The van der Waals surface area contributed by atoms with E-state index in [2.05, 4.69) is 34.1 Å². The van der Waals surface area contributed by atoms with Crippen LogP contribution in [0.15, 0.2) is 24.3 Å². The van der Waals surface area contributed by atoms with Gasteiger partial charge in [-0.1, -0.05) is 37.1 Å². The van der Waals surface area contributed by atoms with Gasteiger partial charge in [0.15, 0.2) is 0 Å². The Kier molecular flexibility index (Phi) is 7.91. The van der Waals surface area contributed by atoms with E-state index in [1.54, 1.807) is 0 Å². The van der Waals surface area contributed by atoms with Crippen LogP contribution in [0.4, 0.5) is 0 Å². The van der Waals surface area contributed by atoms with Crippen LogP contribution in [0.1, 0.15) is 56.2 Å². The summed E-state index contributed by atoms with van der Waals surface area (Å²) in [6.45, 7) is 3.42. The van der Waals surface area contributed by atoms with Crippen LogP contribution in [0, 0.1) is 5.92 Å². The topological polar surface area (TPSA) is 70.2 Å². The van der Waals surface area contributed by atoms with Crippen molar-refractivity contribution < 1.29 is 9.59 Å². The van der Waals surface area contributed by atoms with E-state index in [1.807, 2.05) is 13.0 Å². The Hall–Kier alpha value is -1.59. The molecule has 0 bridgehead atoms. The highest BCUT2D eigenvalue weighted by Gasteiger charge is 2.24. The monoisotopic (exact) mass is 379 g/mol. The van der Waals surface area contributed by atoms with Gasteiger partial charge in [-0.2, -0.15) is 0 Å². The van der Waals surface area contributed by atoms with E-state index in [0.29, 0.717) is 13.0 Å². The van der Waals surface area contributed by atoms with Crippen LogP contribution in [-0.2, 0) is 16.0 Å². The molecule has 1 aromatic carbocycles. The summed E-state index contributed by atoms with van der Waals surface area (Å²) < 4.78 is 0. The minimum atomic E-state index is -0.125. The van der Waals surface area contributed by atoms with Crippen LogP contribution in [-0.4, -0.2) is 30.9 Å². The van der Waals surface area contributed by atoms with E-state index < -0.39 is 0 Å². The highest BCUT2D eigenvalue weighted by molar-refractivity contribution is 5.85. The number of amides is 2. The number of carbonyl (C=O) groups is 2. The summed E-state index contributed by atoms with van der Waals surface area (Å²) in [7, 11) is 0. The third kappa shape index (κ3) is 5.45. The average molecular weight is 380 g/mol. The summed E-state index contributed by atoms with van der Waals surface area (Å²) in [5.41, 5.74) is 2.63. The molecule has 3 N–H and O–H groups in total. The molecular formula is C20H30ClN3O2. The maximum Gasteiger partial charge on any atom is 0.223 e. The van der Waals surface area contributed by atoms with Gasteiger partial charge in [-0.15, -0.1) is 12.4 Å². The minimum absolute atomic E-state index is 0. The normalized spacial score (nSPS) is 20.6. The van der Waals surface area contributed by atoms with Gasteiger partial charge in [-0.25, -0.2) is 0 Å². The van der Waals surface area contributed by atoms with Crippen molar-refractivity contribution in [2.45, 2.75) is 57.5 Å². The first-order valence-electron chi connectivity index (χ1n) is 9.51.